The number of rotatable bonds is 6. The summed E-state index contributed by atoms with van der Waals surface area (Å²) in [5.74, 6) is -0.139. The van der Waals surface area contributed by atoms with E-state index in [1.165, 1.54) is 12.1 Å². The van der Waals surface area contributed by atoms with Crippen LogP contribution < -0.4 is 10.1 Å². The van der Waals surface area contributed by atoms with Crippen molar-refractivity contribution in [1.82, 2.24) is 15.1 Å². The van der Waals surface area contributed by atoms with Gasteiger partial charge in [-0.15, -0.1) is 0 Å². The maximum absolute atomic E-state index is 13.1. The lowest BCUT2D eigenvalue weighted by Gasteiger charge is -2.18. The molecule has 1 amide bonds. The third-order valence-electron chi connectivity index (χ3n) is 3.39. The first-order chi connectivity index (χ1) is 10.5. The molecule has 118 valence electrons. The zero-order valence-electron chi connectivity index (χ0n) is 13.0. The van der Waals surface area contributed by atoms with Crippen molar-refractivity contribution in [2.45, 2.75) is 26.4 Å². The zero-order valence-corrected chi connectivity index (χ0v) is 13.0. The van der Waals surface area contributed by atoms with Crippen LogP contribution in [0.3, 0.4) is 0 Å². The highest BCUT2D eigenvalue weighted by Gasteiger charge is 2.14. The van der Waals surface area contributed by atoms with E-state index in [1.54, 1.807) is 29.9 Å². The summed E-state index contributed by atoms with van der Waals surface area (Å²) in [5, 5.41) is 6.92. The van der Waals surface area contributed by atoms with Gasteiger partial charge in [0.1, 0.15) is 23.4 Å². The molecule has 5 nitrogen and oxygen atoms in total. The smallest absolute Gasteiger partial charge is 0.271 e. The number of nitrogens with zero attached hydrogens (tertiary/aromatic N) is 2. The molecule has 0 aliphatic carbocycles. The summed E-state index contributed by atoms with van der Waals surface area (Å²) >= 11 is 0. The van der Waals surface area contributed by atoms with E-state index in [-0.39, 0.29) is 17.8 Å². The van der Waals surface area contributed by atoms with Gasteiger partial charge in [0, 0.05) is 18.8 Å². The van der Waals surface area contributed by atoms with Crippen LogP contribution in [-0.2, 0) is 7.05 Å². The van der Waals surface area contributed by atoms with Gasteiger partial charge in [0.2, 0.25) is 0 Å². The Balaban J connectivity index is 1.92. The van der Waals surface area contributed by atoms with Crippen molar-refractivity contribution in [3.05, 3.63) is 47.5 Å². The van der Waals surface area contributed by atoms with E-state index in [1.807, 2.05) is 13.8 Å². The van der Waals surface area contributed by atoms with Crippen molar-refractivity contribution in [3.8, 4) is 5.75 Å². The highest BCUT2D eigenvalue weighted by atomic mass is 19.1. The average molecular weight is 305 g/mol. The third-order valence-corrected chi connectivity index (χ3v) is 3.39. The average Bonchev–Trinajstić information content (AvgIpc) is 2.83. The van der Waals surface area contributed by atoms with Gasteiger partial charge in [0.25, 0.3) is 5.91 Å². The van der Waals surface area contributed by atoms with Crippen molar-refractivity contribution >= 4 is 5.91 Å². The minimum absolute atomic E-state index is 0.226. The van der Waals surface area contributed by atoms with E-state index in [9.17, 15) is 9.18 Å². The first-order valence-electron chi connectivity index (χ1n) is 7.20. The van der Waals surface area contributed by atoms with Crippen molar-refractivity contribution in [2.75, 3.05) is 6.54 Å². The molecule has 1 atom stereocenters. The number of amides is 1. The first kappa shape index (κ1) is 16.0. The maximum Gasteiger partial charge on any atom is 0.271 e. The van der Waals surface area contributed by atoms with Gasteiger partial charge in [-0.1, -0.05) is 13.0 Å². The summed E-state index contributed by atoms with van der Waals surface area (Å²) < 4.78 is 20.5. The molecule has 1 aromatic heterocycles. The first-order valence-corrected chi connectivity index (χ1v) is 7.20. The second-order valence-electron chi connectivity index (χ2n) is 5.11. The molecule has 2 aromatic rings. The fourth-order valence-electron chi connectivity index (χ4n) is 1.97. The number of hydrogen-bond donors (Lipinski definition) is 1. The largest absolute Gasteiger partial charge is 0.489 e. The number of nitrogens with one attached hydrogen (secondary N) is 1. The molecule has 2 rings (SSSR count). The second-order valence-corrected chi connectivity index (χ2v) is 5.11. The predicted octanol–water partition coefficient (Wildman–Crippen LogP) is 2.46. The van der Waals surface area contributed by atoms with E-state index in [2.05, 4.69) is 10.4 Å². The lowest BCUT2D eigenvalue weighted by molar-refractivity contribution is 0.0920. The fourth-order valence-corrected chi connectivity index (χ4v) is 1.97. The minimum Gasteiger partial charge on any atom is -0.489 e. The Labute approximate surface area is 129 Å². The summed E-state index contributed by atoms with van der Waals surface area (Å²) in [7, 11) is 1.79. The topological polar surface area (TPSA) is 56.2 Å². The summed E-state index contributed by atoms with van der Waals surface area (Å²) in [4.78, 5) is 12.0. The Bertz CT molecular complexity index is 635. The number of carbonyl (C=O) groups is 1. The van der Waals surface area contributed by atoms with Crippen LogP contribution in [0, 0.1) is 12.7 Å². The third kappa shape index (κ3) is 4.07. The molecular formula is C16H20FN3O2. The van der Waals surface area contributed by atoms with Crippen LogP contribution in [0.4, 0.5) is 4.39 Å². The molecule has 0 aliphatic heterocycles. The van der Waals surface area contributed by atoms with E-state index in [0.717, 1.165) is 5.69 Å². The summed E-state index contributed by atoms with van der Waals surface area (Å²) in [6, 6.07) is 7.69. The standard InChI is InChI=1S/C16H20FN3O2/c1-4-13(22-14-7-5-6-12(17)9-14)10-18-16(21)15-8-11(2)20(3)19-15/h5-9,13H,4,10H2,1-3H3,(H,18,21)/t13-/m1/s1. The van der Waals surface area contributed by atoms with Crippen LogP contribution in [-0.4, -0.2) is 28.3 Å². The number of halogens is 1. The van der Waals surface area contributed by atoms with Crippen molar-refractivity contribution < 1.29 is 13.9 Å². The Morgan fingerprint density at radius 2 is 2.23 bits per heavy atom. The molecule has 1 heterocycles. The SMILES string of the molecule is CC[C@H](CNC(=O)c1cc(C)n(C)n1)Oc1cccc(F)c1. The maximum atomic E-state index is 13.1. The second kappa shape index (κ2) is 7.06. The predicted molar refractivity (Wildman–Crippen MR) is 81.4 cm³/mol. The van der Waals surface area contributed by atoms with Gasteiger partial charge in [0.15, 0.2) is 0 Å². The molecule has 0 bridgehead atoms. The summed E-state index contributed by atoms with van der Waals surface area (Å²) in [5.41, 5.74) is 1.29. The Morgan fingerprint density at radius 3 is 2.82 bits per heavy atom. The summed E-state index contributed by atoms with van der Waals surface area (Å²) in [6.07, 6.45) is 0.466. The minimum atomic E-state index is -0.347. The van der Waals surface area contributed by atoms with Crippen LogP contribution in [0.1, 0.15) is 29.5 Å². The number of hydrogen-bond acceptors (Lipinski definition) is 3. The highest BCUT2D eigenvalue weighted by molar-refractivity contribution is 5.92. The Morgan fingerprint density at radius 1 is 1.45 bits per heavy atom. The Hall–Kier alpha value is -2.37. The van der Waals surface area contributed by atoms with Crippen LogP contribution >= 0.6 is 0 Å². The van der Waals surface area contributed by atoms with Gasteiger partial charge < -0.3 is 10.1 Å². The number of aryl methyl sites for hydroxylation is 2. The molecule has 0 unspecified atom stereocenters. The molecule has 0 aliphatic rings. The Kier molecular flexibility index (Phi) is 5.14. The molecular weight excluding hydrogens is 285 g/mol. The quantitative estimate of drug-likeness (QED) is 0.892. The fraction of sp³-hybridized carbons (Fsp3) is 0.375. The van der Waals surface area contributed by atoms with Crippen molar-refractivity contribution in [3.63, 3.8) is 0 Å². The number of aromatic nitrogens is 2. The molecule has 0 spiro atoms. The van der Waals surface area contributed by atoms with E-state index < -0.39 is 0 Å². The molecule has 0 saturated heterocycles. The van der Waals surface area contributed by atoms with E-state index in [0.29, 0.717) is 24.4 Å². The summed E-state index contributed by atoms with van der Waals surface area (Å²) in [6.45, 7) is 4.16. The molecule has 22 heavy (non-hydrogen) atoms. The van der Waals surface area contributed by atoms with Crippen LogP contribution in [0.2, 0.25) is 0 Å². The monoisotopic (exact) mass is 305 g/mol. The number of carbonyl (C=O) groups excluding carboxylic acids is 1. The van der Waals surface area contributed by atoms with Crippen molar-refractivity contribution in [1.29, 1.82) is 0 Å². The molecule has 0 radical (unpaired) electrons. The van der Waals surface area contributed by atoms with Gasteiger partial charge in [-0.3, -0.25) is 9.48 Å². The lowest BCUT2D eigenvalue weighted by atomic mass is 10.2. The molecule has 6 heteroatoms. The van der Waals surface area contributed by atoms with Crippen molar-refractivity contribution in [2.24, 2.45) is 7.05 Å². The van der Waals surface area contributed by atoms with E-state index in [4.69, 9.17) is 4.74 Å². The number of benzene rings is 1. The molecule has 1 N–H and O–H groups in total. The van der Waals surface area contributed by atoms with Crippen LogP contribution in [0.15, 0.2) is 30.3 Å². The molecule has 0 saturated carbocycles. The van der Waals surface area contributed by atoms with Crippen LogP contribution in [0.25, 0.3) is 0 Å². The van der Waals surface area contributed by atoms with Gasteiger partial charge >= 0.3 is 0 Å². The van der Waals surface area contributed by atoms with Gasteiger partial charge in [-0.05, 0) is 31.5 Å². The van der Waals surface area contributed by atoms with E-state index >= 15 is 0 Å². The lowest BCUT2D eigenvalue weighted by Crippen LogP contribution is -2.35. The molecule has 0 fully saturated rings. The normalized spacial score (nSPS) is 12.0. The molecule has 1 aromatic carbocycles. The van der Waals surface area contributed by atoms with Crippen LogP contribution in [0.5, 0.6) is 5.75 Å². The number of ether oxygens (including phenoxy) is 1. The highest BCUT2D eigenvalue weighted by Crippen LogP contribution is 2.14. The van der Waals surface area contributed by atoms with Gasteiger partial charge in [-0.25, -0.2) is 4.39 Å². The van der Waals surface area contributed by atoms with Gasteiger partial charge in [0.05, 0.1) is 6.54 Å². The van der Waals surface area contributed by atoms with Gasteiger partial charge in [-0.2, -0.15) is 5.10 Å². The zero-order chi connectivity index (χ0) is 16.1.